The Bertz CT molecular complexity index is 913. The Morgan fingerprint density at radius 3 is 2.79 bits per heavy atom. The molecule has 0 aliphatic carbocycles. The average Bonchev–Trinajstić information content (AvgIpc) is 3.12. The summed E-state index contributed by atoms with van der Waals surface area (Å²) in [5, 5.41) is 15.9. The number of hydrogen-bond acceptors (Lipinski definition) is 6. The van der Waals surface area contributed by atoms with Crippen LogP contribution in [0.5, 0.6) is 5.75 Å². The van der Waals surface area contributed by atoms with Crippen LogP contribution in [0.15, 0.2) is 66.5 Å². The topological polar surface area (TPSA) is 110 Å². The number of carbonyl (C=O) groups excluding carboxylic acids is 1. The molecule has 1 aromatic heterocycles. The zero-order valence-corrected chi connectivity index (χ0v) is 15.0. The quantitative estimate of drug-likeness (QED) is 0.680. The predicted molar refractivity (Wildman–Crippen MR) is 102 cm³/mol. The maximum atomic E-state index is 12.8. The minimum atomic E-state index is -1.68. The summed E-state index contributed by atoms with van der Waals surface area (Å²) in [7, 11) is 0. The zero-order chi connectivity index (χ0) is 20.0. The van der Waals surface area contributed by atoms with Gasteiger partial charge in [0.25, 0.3) is 5.91 Å². The zero-order valence-electron chi connectivity index (χ0n) is 15.0. The van der Waals surface area contributed by atoms with Crippen molar-refractivity contribution < 1.29 is 24.3 Å². The third kappa shape index (κ3) is 4.17. The molecule has 1 atom stereocenters. The van der Waals surface area contributed by atoms with E-state index in [-0.39, 0.29) is 6.42 Å². The van der Waals surface area contributed by atoms with Gasteiger partial charge in [0.15, 0.2) is 0 Å². The number of carboxylic acids is 1. The van der Waals surface area contributed by atoms with E-state index in [1.54, 1.807) is 48.5 Å². The van der Waals surface area contributed by atoms with Crippen LogP contribution in [0.2, 0.25) is 0 Å². The number of para-hydroxylation sites is 1. The SMILES string of the molecule is C=CCOc1ccccc1C1=NOC(CC(=O)O)(C(=O)Nc2ccccn2)C1. The highest BCUT2D eigenvalue weighted by Gasteiger charge is 2.49. The van der Waals surface area contributed by atoms with E-state index in [1.165, 1.54) is 6.20 Å². The molecule has 1 amide bonds. The van der Waals surface area contributed by atoms with E-state index in [4.69, 9.17) is 9.57 Å². The van der Waals surface area contributed by atoms with Crippen LogP contribution in [0.25, 0.3) is 0 Å². The lowest BCUT2D eigenvalue weighted by molar-refractivity contribution is -0.152. The standard InChI is InChI=1S/C20H19N3O5/c1-2-11-27-16-8-4-3-7-14(16)15-12-20(28-23-15,13-18(24)25)19(26)22-17-9-5-6-10-21-17/h2-10H,1,11-13H2,(H,24,25)(H,21,22,26). The number of aliphatic carboxylic acids is 1. The van der Waals surface area contributed by atoms with Crippen molar-refractivity contribution in [2.24, 2.45) is 5.16 Å². The van der Waals surface area contributed by atoms with Gasteiger partial charge in [-0.15, -0.1) is 0 Å². The molecule has 3 rings (SSSR count). The van der Waals surface area contributed by atoms with Crippen molar-refractivity contribution >= 4 is 23.4 Å². The Labute approximate surface area is 161 Å². The molecule has 2 heterocycles. The summed E-state index contributed by atoms with van der Waals surface area (Å²) >= 11 is 0. The normalized spacial score (nSPS) is 17.9. The highest BCUT2D eigenvalue weighted by molar-refractivity contribution is 6.10. The molecule has 2 aromatic rings. The van der Waals surface area contributed by atoms with Crippen LogP contribution in [0.4, 0.5) is 5.82 Å². The van der Waals surface area contributed by atoms with Crippen LogP contribution in [-0.2, 0) is 14.4 Å². The first-order valence-corrected chi connectivity index (χ1v) is 8.56. The average molecular weight is 381 g/mol. The molecule has 28 heavy (non-hydrogen) atoms. The molecule has 0 saturated heterocycles. The Hall–Kier alpha value is -3.68. The number of benzene rings is 1. The van der Waals surface area contributed by atoms with Crippen LogP contribution in [-0.4, -0.2) is 39.9 Å². The Kier molecular flexibility index (Phi) is 5.69. The minimum absolute atomic E-state index is 0.0214. The van der Waals surface area contributed by atoms with Crippen LogP contribution in [0, 0.1) is 0 Å². The number of hydrogen-bond donors (Lipinski definition) is 2. The van der Waals surface area contributed by atoms with Crippen LogP contribution in [0.1, 0.15) is 18.4 Å². The van der Waals surface area contributed by atoms with Crippen molar-refractivity contribution in [3.63, 3.8) is 0 Å². The minimum Gasteiger partial charge on any atom is -0.489 e. The molecule has 8 nitrogen and oxygen atoms in total. The van der Waals surface area contributed by atoms with E-state index >= 15 is 0 Å². The molecular formula is C20H19N3O5. The summed E-state index contributed by atoms with van der Waals surface area (Å²) in [6.45, 7) is 3.91. The molecule has 0 fully saturated rings. The number of ether oxygens (including phenoxy) is 1. The number of nitrogens with one attached hydrogen (secondary N) is 1. The van der Waals surface area contributed by atoms with Crippen LogP contribution >= 0.6 is 0 Å². The van der Waals surface area contributed by atoms with Crippen molar-refractivity contribution in [1.29, 1.82) is 0 Å². The third-order valence-corrected chi connectivity index (χ3v) is 4.10. The highest BCUT2D eigenvalue weighted by atomic mass is 16.7. The van der Waals surface area contributed by atoms with E-state index in [0.717, 1.165) is 0 Å². The summed E-state index contributed by atoms with van der Waals surface area (Å²) in [4.78, 5) is 33.7. The predicted octanol–water partition coefficient (Wildman–Crippen LogP) is 2.62. The lowest BCUT2D eigenvalue weighted by Crippen LogP contribution is -2.45. The Morgan fingerprint density at radius 2 is 2.07 bits per heavy atom. The fourth-order valence-corrected chi connectivity index (χ4v) is 2.81. The van der Waals surface area contributed by atoms with Crippen molar-refractivity contribution in [3.8, 4) is 5.75 Å². The first-order valence-electron chi connectivity index (χ1n) is 8.56. The van der Waals surface area contributed by atoms with Gasteiger partial charge in [0, 0.05) is 18.2 Å². The van der Waals surface area contributed by atoms with Gasteiger partial charge in [-0.25, -0.2) is 4.98 Å². The van der Waals surface area contributed by atoms with Gasteiger partial charge in [0.2, 0.25) is 5.60 Å². The molecule has 1 aliphatic heterocycles. The van der Waals surface area contributed by atoms with Gasteiger partial charge < -0.3 is 20.0 Å². The van der Waals surface area contributed by atoms with Gasteiger partial charge in [-0.3, -0.25) is 9.59 Å². The fraction of sp³-hybridized carbons (Fsp3) is 0.200. The number of oxime groups is 1. The monoisotopic (exact) mass is 381 g/mol. The molecule has 1 aliphatic rings. The van der Waals surface area contributed by atoms with Gasteiger partial charge in [0.1, 0.15) is 18.2 Å². The van der Waals surface area contributed by atoms with E-state index < -0.39 is 23.9 Å². The van der Waals surface area contributed by atoms with E-state index in [9.17, 15) is 14.7 Å². The largest absolute Gasteiger partial charge is 0.489 e. The second-order valence-electron chi connectivity index (χ2n) is 6.14. The van der Waals surface area contributed by atoms with Crippen LogP contribution in [0.3, 0.4) is 0 Å². The highest BCUT2D eigenvalue weighted by Crippen LogP contribution is 2.34. The first kappa shape index (κ1) is 19.1. The molecule has 8 heteroatoms. The molecule has 2 N–H and O–H groups in total. The number of carboxylic acid groups (broad SMARTS) is 1. The smallest absolute Gasteiger partial charge is 0.308 e. The molecule has 1 aromatic carbocycles. The van der Waals surface area contributed by atoms with Crippen molar-refractivity contribution in [2.45, 2.75) is 18.4 Å². The fourth-order valence-electron chi connectivity index (χ4n) is 2.81. The molecule has 0 radical (unpaired) electrons. The van der Waals surface area contributed by atoms with Gasteiger partial charge >= 0.3 is 5.97 Å². The maximum Gasteiger partial charge on any atom is 0.308 e. The van der Waals surface area contributed by atoms with Gasteiger partial charge in [-0.2, -0.15) is 0 Å². The first-order chi connectivity index (χ1) is 13.5. The lowest BCUT2D eigenvalue weighted by atomic mass is 9.90. The Balaban J connectivity index is 1.85. The molecule has 144 valence electrons. The van der Waals surface area contributed by atoms with E-state index in [2.05, 4.69) is 22.0 Å². The van der Waals surface area contributed by atoms with Gasteiger partial charge in [-0.1, -0.05) is 36.0 Å². The number of amides is 1. The van der Waals surface area contributed by atoms with Crippen molar-refractivity contribution in [1.82, 2.24) is 4.98 Å². The maximum absolute atomic E-state index is 12.8. The summed E-state index contributed by atoms with van der Waals surface area (Å²) in [5.74, 6) is -0.967. The Morgan fingerprint density at radius 1 is 1.29 bits per heavy atom. The number of pyridine rings is 1. The molecule has 0 saturated carbocycles. The molecule has 1 unspecified atom stereocenters. The number of nitrogens with zero attached hydrogens (tertiary/aromatic N) is 2. The second kappa shape index (κ2) is 8.34. The number of anilines is 1. The van der Waals surface area contributed by atoms with Gasteiger partial charge in [0.05, 0.1) is 12.1 Å². The summed E-state index contributed by atoms with van der Waals surface area (Å²) < 4.78 is 5.62. The molecule has 0 bridgehead atoms. The number of carbonyl (C=O) groups is 2. The van der Waals surface area contributed by atoms with E-state index in [1.807, 2.05) is 0 Å². The molecule has 0 spiro atoms. The van der Waals surface area contributed by atoms with Crippen molar-refractivity contribution in [2.75, 3.05) is 11.9 Å². The summed E-state index contributed by atoms with van der Waals surface area (Å²) in [6, 6.07) is 12.1. The summed E-state index contributed by atoms with van der Waals surface area (Å²) in [5.41, 5.74) is -0.621. The number of aromatic nitrogens is 1. The van der Waals surface area contributed by atoms with Crippen LogP contribution < -0.4 is 10.1 Å². The van der Waals surface area contributed by atoms with Gasteiger partial charge in [-0.05, 0) is 24.3 Å². The lowest BCUT2D eigenvalue weighted by Gasteiger charge is -2.23. The molecular weight excluding hydrogens is 362 g/mol. The second-order valence-corrected chi connectivity index (χ2v) is 6.14. The summed E-state index contributed by atoms with van der Waals surface area (Å²) in [6.07, 6.45) is 2.56. The van der Waals surface area contributed by atoms with E-state index in [0.29, 0.717) is 29.4 Å². The third-order valence-electron chi connectivity index (χ3n) is 4.10. The number of rotatable bonds is 8. The van der Waals surface area contributed by atoms with Crippen molar-refractivity contribution in [3.05, 3.63) is 66.9 Å².